The van der Waals surface area contributed by atoms with E-state index in [9.17, 15) is 24.0 Å². The molecule has 4 atom stereocenters. The summed E-state index contributed by atoms with van der Waals surface area (Å²) in [4.78, 5) is 61.8. The lowest BCUT2D eigenvalue weighted by atomic mass is 9.81. The van der Waals surface area contributed by atoms with Gasteiger partial charge < -0.3 is 4.74 Å². The average molecular weight is 413 g/mol. The minimum absolute atomic E-state index is 0.0324. The quantitative estimate of drug-likeness (QED) is 0.396. The molecular weight excluding hydrogens is 390 g/mol. The maximum atomic E-state index is 12.6. The van der Waals surface area contributed by atoms with Gasteiger partial charge >= 0.3 is 5.97 Å². The van der Waals surface area contributed by atoms with Crippen LogP contribution >= 0.6 is 0 Å². The topological polar surface area (TPSA) is 122 Å². The molecule has 3 fully saturated rings. The molecule has 9 nitrogen and oxygen atoms in total. The molecule has 9 heteroatoms. The number of ether oxygens (including phenoxy) is 1. The van der Waals surface area contributed by atoms with E-state index in [0.29, 0.717) is 17.4 Å². The van der Waals surface area contributed by atoms with E-state index < -0.39 is 24.4 Å². The van der Waals surface area contributed by atoms with Gasteiger partial charge in [0.1, 0.15) is 0 Å². The van der Waals surface area contributed by atoms with Crippen molar-refractivity contribution < 1.29 is 28.7 Å². The summed E-state index contributed by atoms with van der Waals surface area (Å²) in [6.07, 6.45) is 2.78. The summed E-state index contributed by atoms with van der Waals surface area (Å²) < 4.78 is 4.87. The highest BCUT2D eigenvalue weighted by molar-refractivity contribution is 6.06. The summed E-state index contributed by atoms with van der Waals surface area (Å²) in [7, 11) is 0. The predicted octanol–water partition coefficient (Wildman–Crippen LogP) is 0.412. The number of likely N-dealkylation sites (tertiary alicyclic amines) is 1. The van der Waals surface area contributed by atoms with E-state index in [1.807, 2.05) is 0 Å². The highest BCUT2D eigenvalue weighted by Gasteiger charge is 2.60. The maximum absolute atomic E-state index is 12.6. The van der Waals surface area contributed by atoms with E-state index >= 15 is 0 Å². The molecule has 1 aromatic rings. The molecule has 1 saturated heterocycles. The number of esters is 1. The Balaban J connectivity index is 1.17. The van der Waals surface area contributed by atoms with Crippen molar-refractivity contribution in [2.75, 3.05) is 13.2 Å². The number of nitrogens with zero attached hydrogens (tertiary/aromatic N) is 1. The lowest BCUT2D eigenvalue weighted by molar-refractivity contribution is -0.150. The first-order valence-corrected chi connectivity index (χ1v) is 10.1. The molecule has 1 aromatic carbocycles. The van der Waals surface area contributed by atoms with Crippen LogP contribution in [0.4, 0.5) is 0 Å². The molecule has 3 aliphatic rings. The molecule has 2 aliphatic carbocycles. The third kappa shape index (κ3) is 3.79. The number of benzene rings is 1. The summed E-state index contributed by atoms with van der Waals surface area (Å²) in [6.45, 7) is -0.611. The lowest BCUT2D eigenvalue weighted by Crippen LogP contribution is -2.43. The molecule has 2 N–H and O–H groups in total. The molecule has 2 bridgehead atoms. The third-order valence-corrected chi connectivity index (χ3v) is 6.27. The van der Waals surface area contributed by atoms with Gasteiger partial charge in [-0.1, -0.05) is 18.2 Å². The van der Waals surface area contributed by atoms with Crippen molar-refractivity contribution in [2.24, 2.45) is 23.7 Å². The first-order valence-electron chi connectivity index (χ1n) is 10.1. The van der Waals surface area contributed by atoms with Gasteiger partial charge in [-0.3, -0.25) is 39.7 Å². The predicted molar refractivity (Wildman–Crippen MR) is 102 cm³/mol. The van der Waals surface area contributed by atoms with E-state index in [4.69, 9.17) is 4.74 Å². The summed E-state index contributed by atoms with van der Waals surface area (Å²) in [5.74, 6) is -2.09. The molecule has 2 saturated carbocycles. The summed E-state index contributed by atoms with van der Waals surface area (Å²) in [5.41, 5.74) is 4.75. The van der Waals surface area contributed by atoms with E-state index in [2.05, 4.69) is 10.9 Å². The van der Waals surface area contributed by atoms with Gasteiger partial charge in [0.2, 0.25) is 11.8 Å². The molecule has 1 heterocycles. The zero-order chi connectivity index (χ0) is 21.3. The number of hydrogen-bond donors (Lipinski definition) is 2. The number of fused-ring (bicyclic) bond motifs is 5. The first kappa shape index (κ1) is 20.1. The molecule has 0 unspecified atom stereocenters. The van der Waals surface area contributed by atoms with Crippen LogP contribution in [0.1, 0.15) is 36.0 Å². The fourth-order valence-corrected chi connectivity index (χ4v) is 4.94. The number of hydrogen-bond acceptors (Lipinski definition) is 6. The average Bonchev–Trinajstić information content (AvgIpc) is 3.44. The second kappa shape index (κ2) is 8.25. The van der Waals surface area contributed by atoms with Crippen LogP contribution in [-0.4, -0.2) is 47.6 Å². The van der Waals surface area contributed by atoms with E-state index in [-0.39, 0.29) is 36.6 Å². The number of carbonyl (C=O) groups is 5. The highest BCUT2D eigenvalue weighted by Crippen LogP contribution is 2.56. The number of rotatable bonds is 6. The second-order valence-electron chi connectivity index (χ2n) is 7.99. The van der Waals surface area contributed by atoms with Crippen molar-refractivity contribution in [3.63, 3.8) is 0 Å². The lowest BCUT2D eigenvalue weighted by Gasteiger charge is -2.19. The monoisotopic (exact) mass is 413 g/mol. The van der Waals surface area contributed by atoms with Gasteiger partial charge in [-0.25, -0.2) is 0 Å². The number of imide groups is 1. The second-order valence-corrected chi connectivity index (χ2v) is 7.99. The Morgan fingerprint density at radius 2 is 1.60 bits per heavy atom. The number of amides is 4. The van der Waals surface area contributed by atoms with Crippen LogP contribution < -0.4 is 10.9 Å². The Morgan fingerprint density at radius 1 is 0.967 bits per heavy atom. The molecule has 0 spiro atoms. The first-order chi connectivity index (χ1) is 14.5. The van der Waals surface area contributed by atoms with Crippen molar-refractivity contribution in [3.8, 4) is 0 Å². The van der Waals surface area contributed by atoms with Crippen LogP contribution in [0.2, 0.25) is 0 Å². The van der Waals surface area contributed by atoms with Gasteiger partial charge in [0, 0.05) is 12.1 Å². The standard InChI is InChI=1S/C21H23N3O6/c25-15(22-23-19(27)12-4-2-1-3-5-12)11-30-16(26)8-9-24-20(28)17-13-6-7-14(10-13)18(17)21(24)29/h1-5,13-14,17-18H,6-11H2,(H,22,25)(H,23,27)/t13-,14+,17-,18+. The van der Waals surface area contributed by atoms with Gasteiger partial charge in [-0.05, 0) is 43.2 Å². The van der Waals surface area contributed by atoms with Gasteiger partial charge in [0.25, 0.3) is 11.8 Å². The summed E-state index contributed by atoms with van der Waals surface area (Å²) in [6, 6.07) is 8.30. The molecule has 158 valence electrons. The van der Waals surface area contributed by atoms with Crippen LogP contribution in [0.15, 0.2) is 30.3 Å². The van der Waals surface area contributed by atoms with Crippen molar-refractivity contribution >= 4 is 29.6 Å². The Morgan fingerprint density at radius 3 is 2.23 bits per heavy atom. The SMILES string of the molecule is O=C(COC(=O)CCN1C(=O)[C@@H]2[C@@H]3CC[C@@H](C3)[C@@H]2C1=O)NNC(=O)c1ccccc1. The van der Waals surface area contributed by atoms with Crippen LogP contribution in [0.25, 0.3) is 0 Å². The maximum Gasteiger partial charge on any atom is 0.308 e. The van der Waals surface area contributed by atoms with Crippen LogP contribution in [0.5, 0.6) is 0 Å². The molecule has 4 rings (SSSR count). The van der Waals surface area contributed by atoms with Crippen molar-refractivity contribution in [1.29, 1.82) is 0 Å². The molecule has 1 aliphatic heterocycles. The number of nitrogens with one attached hydrogen (secondary N) is 2. The van der Waals surface area contributed by atoms with Gasteiger partial charge in [-0.2, -0.15) is 0 Å². The fraction of sp³-hybridized carbons (Fsp3) is 0.476. The zero-order valence-corrected chi connectivity index (χ0v) is 16.3. The summed E-state index contributed by atoms with van der Waals surface area (Å²) in [5, 5.41) is 0. The molecule has 4 amide bonds. The van der Waals surface area contributed by atoms with Crippen molar-refractivity contribution in [3.05, 3.63) is 35.9 Å². The van der Waals surface area contributed by atoms with Crippen molar-refractivity contribution in [1.82, 2.24) is 15.8 Å². The van der Waals surface area contributed by atoms with E-state index in [1.165, 1.54) is 4.90 Å². The largest absolute Gasteiger partial charge is 0.455 e. The van der Waals surface area contributed by atoms with Crippen LogP contribution in [0.3, 0.4) is 0 Å². The molecule has 0 radical (unpaired) electrons. The normalized spacial score (nSPS) is 26.5. The van der Waals surface area contributed by atoms with E-state index in [0.717, 1.165) is 19.3 Å². The Labute approximate surface area is 173 Å². The zero-order valence-electron chi connectivity index (χ0n) is 16.3. The minimum atomic E-state index is -0.702. The Hall–Kier alpha value is -3.23. The smallest absolute Gasteiger partial charge is 0.308 e. The Kier molecular flexibility index (Phi) is 5.52. The fourth-order valence-electron chi connectivity index (χ4n) is 4.94. The number of hydrazine groups is 1. The molecule has 30 heavy (non-hydrogen) atoms. The molecule has 0 aromatic heterocycles. The molecular formula is C21H23N3O6. The van der Waals surface area contributed by atoms with Gasteiger partial charge in [0.05, 0.1) is 18.3 Å². The van der Waals surface area contributed by atoms with Gasteiger partial charge in [0.15, 0.2) is 6.61 Å². The summed E-state index contributed by atoms with van der Waals surface area (Å²) >= 11 is 0. The van der Waals surface area contributed by atoms with Crippen LogP contribution in [0, 0.1) is 23.7 Å². The van der Waals surface area contributed by atoms with E-state index in [1.54, 1.807) is 30.3 Å². The highest BCUT2D eigenvalue weighted by atomic mass is 16.5. The van der Waals surface area contributed by atoms with Crippen LogP contribution in [-0.2, 0) is 23.9 Å². The van der Waals surface area contributed by atoms with Crippen molar-refractivity contribution in [2.45, 2.75) is 25.7 Å². The minimum Gasteiger partial charge on any atom is -0.455 e. The Bertz CT molecular complexity index is 858. The third-order valence-electron chi connectivity index (χ3n) is 6.27. The van der Waals surface area contributed by atoms with Gasteiger partial charge in [-0.15, -0.1) is 0 Å². The number of carbonyl (C=O) groups excluding carboxylic acids is 5.